The third-order valence-corrected chi connectivity index (χ3v) is 3.60. The summed E-state index contributed by atoms with van der Waals surface area (Å²) in [5, 5.41) is 20.6. The van der Waals surface area contributed by atoms with Crippen molar-refractivity contribution in [2.24, 2.45) is 0 Å². The normalized spacial score (nSPS) is 19.9. The van der Waals surface area contributed by atoms with E-state index in [4.69, 9.17) is 11.6 Å². The second-order valence-electron chi connectivity index (χ2n) is 4.39. The first-order valence-corrected chi connectivity index (χ1v) is 6.33. The zero-order chi connectivity index (χ0) is 13.1. The molecule has 0 saturated carbocycles. The molecule has 0 aromatic heterocycles. The average Bonchev–Trinajstić information content (AvgIpc) is 2.38. The number of rotatable bonds is 3. The number of benzene rings is 1. The molecule has 6 heteroatoms. The summed E-state index contributed by atoms with van der Waals surface area (Å²) in [5.74, 6) is 0. The number of aliphatic hydroxyl groups is 1. The van der Waals surface area contributed by atoms with Crippen LogP contribution in [0.3, 0.4) is 0 Å². The lowest BCUT2D eigenvalue weighted by atomic mass is 10.0. The van der Waals surface area contributed by atoms with Gasteiger partial charge in [-0.15, -0.1) is 0 Å². The van der Waals surface area contributed by atoms with E-state index in [1.165, 1.54) is 6.07 Å². The summed E-state index contributed by atoms with van der Waals surface area (Å²) in [4.78, 5) is 12.6. The molecule has 1 aliphatic rings. The van der Waals surface area contributed by atoms with Gasteiger partial charge in [0.25, 0.3) is 0 Å². The maximum absolute atomic E-state index is 11.1. The minimum atomic E-state index is -0.458. The van der Waals surface area contributed by atoms with Gasteiger partial charge >= 0.3 is 5.69 Å². The van der Waals surface area contributed by atoms with Crippen molar-refractivity contribution in [2.75, 3.05) is 18.1 Å². The fourth-order valence-electron chi connectivity index (χ4n) is 2.42. The largest absolute Gasteiger partial charge is 0.394 e. The number of para-hydroxylation sites is 1. The molecule has 1 aromatic rings. The first kappa shape index (κ1) is 13.1. The van der Waals surface area contributed by atoms with E-state index >= 15 is 0 Å². The van der Waals surface area contributed by atoms with E-state index in [-0.39, 0.29) is 23.4 Å². The number of piperidine rings is 1. The number of nitrogens with zero attached hydrogens (tertiary/aromatic N) is 2. The van der Waals surface area contributed by atoms with E-state index < -0.39 is 4.92 Å². The van der Waals surface area contributed by atoms with Gasteiger partial charge < -0.3 is 10.0 Å². The van der Waals surface area contributed by atoms with Crippen LogP contribution in [0.25, 0.3) is 0 Å². The van der Waals surface area contributed by atoms with Crippen LogP contribution in [0.5, 0.6) is 0 Å². The Morgan fingerprint density at radius 1 is 1.50 bits per heavy atom. The predicted molar refractivity (Wildman–Crippen MR) is 70.2 cm³/mol. The molecule has 18 heavy (non-hydrogen) atoms. The minimum Gasteiger partial charge on any atom is -0.394 e. The molecule has 1 fully saturated rings. The molecule has 1 saturated heterocycles. The molecule has 1 unspecified atom stereocenters. The zero-order valence-corrected chi connectivity index (χ0v) is 10.6. The summed E-state index contributed by atoms with van der Waals surface area (Å²) in [6.45, 7) is 0.718. The Hall–Kier alpha value is -1.33. The molecule has 0 bridgehead atoms. The van der Waals surface area contributed by atoms with Crippen LogP contribution in [0.4, 0.5) is 11.4 Å². The predicted octanol–water partition coefficient (Wildman–Crippen LogP) is 2.60. The van der Waals surface area contributed by atoms with Crippen LogP contribution in [0.15, 0.2) is 18.2 Å². The van der Waals surface area contributed by atoms with Crippen molar-refractivity contribution in [3.8, 4) is 0 Å². The number of nitro groups is 1. The topological polar surface area (TPSA) is 66.6 Å². The lowest BCUT2D eigenvalue weighted by Crippen LogP contribution is -2.42. The maximum Gasteiger partial charge on any atom is 0.310 e. The second kappa shape index (κ2) is 5.54. The SMILES string of the molecule is O=[N+]([O-])c1c(Cl)cccc1N1CCCCC1CO. The average molecular weight is 271 g/mol. The molecule has 1 atom stereocenters. The standard InChI is InChI=1S/C12H15ClN2O3/c13-10-5-3-6-11(12(10)15(17)18)14-7-2-1-4-9(14)8-16/h3,5-6,9,16H,1-2,4,7-8H2. The molecule has 5 nitrogen and oxygen atoms in total. The second-order valence-corrected chi connectivity index (χ2v) is 4.80. The molecule has 0 aliphatic carbocycles. The summed E-state index contributed by atoms with van der Waals surface area (Å²) < 4.78 is 0. The maximum atomic E-state index is 11.1. The fraction of sp³-hybridized carbons (Fsp3) is 0.500. The molecule has 1 aliphatic heterocycles. The van der Waals surface area contributed by atoms with Crippen LogP contribution in [0, 0.1) is 10.1 Å². The van der Waals surface area contributed by atoms with Crippen LogP contribution >= 0.6 is 11.6 Å². The van der Waals surface area contributed by atoms with E-state index in [2.05, 4.69) is 0 Å². The van der Waals surface area contributed by atoms with Crippen molar-refractivity contribution in [2.45, 2.75) is 25.3 Å². The third-order valence-electron chi connectivity index (χ3n) is 3.30. The van der Waals surface area contributed by atoms with Crippen LogP contribution in [0.2, 0.25) is 5.02 Å². The quantitative estimate of drug-likeness (QED) is 0.677. The summed E-state index contributed by atoms with van der Waals surface area (Å²) in [6.07, 6.45) is 2.86. The Bertz CT molecular complexity index is 453. The first-order valence-electron chi connectivity index (χ1n) is 5.95. The summed E-state index contributed by atoms with van der Waals surface area (Å²) >= 11 is 5.90. The van der Waals surface area contributed by atoms with Crippen LogP contribution < -0.4 is 4.90 Å². The van der Waals surface area contributed by atoms with Crippen LogP contribution in [-0.4, -0.2) is 29.2 Å². The highest BCUT2D eigenvalue weighted by Crippen LogP contribution is 2.37. The smallest absolute Gasteiger partial charge is 0.310 e. The number of hydrogen-bond donors (Lipinski definition) is 1. The molecular weight excluding hydrogens is 256 g/mol. The lowest BCUT2D eigenvalue weighted by Gasteiger charge is -2.36. The Morgan fingerprint density at radius 2 is 2.28 bits per heavy atom. The minimum absolute atomic E-state index is 0.00364. The molecule has 1 N–H and O–H groups in total. The highest BCUT2D eigenvalue weighted by molar-refractivity contribution is 6.33. The number of anilines is 1. The molecule has 0 spiro atoms. The van der Waals surface area contributed by atoms with Gasteiger partial charge in [-0.1, -0.05) is 17.7 Å². The van der Waals surface area contributed by atoms with E-state index in [0.29, 0.717) is 12.2 Å². The van der Waals surface area contributed by atoms with Gasteiger partial charge in [0.15, 0.2) is 0 Å². The van der Waals surface area contributed by atoms with Crippen molar-refractivity contribution < 1.29 is 10.0 Å². The van der Waals surface area contributed by atoms with E-state index in [1.807, 2.05) is 4.90 Å². The van der Waals surface area contributed by atoms with Gasteiger partial charge in [0.1, 0.15) is 10.7 Å². The van der Waals surface area contributed by atoms with E-state index in [9.17, 15) is 15.2 Å². The van der Waals surface area contributed by atoms with Gasteiger partial charge in [-0.25, -0.2) is 0 Å². The van der Waals surface area contributed by atoms with E-state index in [0.717, 1.165) is 19.3 Å². The van der Waals surface area contributed by atoms with Gasteiger partial charge in [-0.05, 0) is 31.4 Å². The van der Waals surface area contributed by atoms with Crippen molar-refractivity contribution in [1.29, 1.82) is 0 Å². The Balaban J connectivity index is 2.42. The summed E-state index contributed by atoms with van der Waals surface area (Å²) in [7, 11) is 0. The van der Waals surface area contributed by atoms with Gasteiger partial charge in [0.2, 0.25) is 0 Å². The highest BCUT2D eigenvalue weighted by Gasteiger charge is 2.29. The summed E-state index contributed by atoms with van der Waals surface area (Å²) in [6, 6.07) is 4.85. The Kier molecular flexibility index (Phi) is 4.04. The molecule has 0 amide bonds. The zero-order valence-electron chi connectivity index (χ0n) is 9.88. The van der Waals surface area contributed by atoms with Gasteiger partial charge in [-0.2, -0.15) is 0 Å². The summed E-state index contributed by atoms with van der Waals surface area (Å²) in [5.41, 5.74) is 0.436. The molecule has 2 rings (SSSR count). The van der Waals surface area contributed by atoms with Crippen LogP contribution in [-0.2, 0) is 0 Å². The molecule has 98 valence electrons. The van der Waals surface area contributed by atoms with Crippen molar-refractivity contribution in [1.82, 2.24) is 0 Å². The number of nitro benzene ring substituents is 1. The third kappa shape index (κ3) is 2.42. The van der Waals surface area contributed by atoms with Gasteiger partial charge in [0.05, 0.1) is 17.6 Å². The molecule has 0 radical (unpaired) electrons. The van der Waals surface area contributed by atoms with Crippen LogP contribution in [0.1, 0.15) is 19.3 Å². The molecule has 1 heterocycles. The fourth-order valence-corrected chi connectivity index (χ4v) is 2.66. The van der Waals surface area contributed by atoms with Crippen molar-refractivity contribution in [3.05, 3.63) is 33.3 Å². The number of halogens is 1. The van der Waals surface area contributed by atoms with E-state index in [1.54, 1.807) is 12.1 Å². The Morgan fingerprint density at radius 3 is 2.94 bits per heavy atom. The number of aliphatic hydroxyl groups excluding tert-OH is 1. The number of hydrogen-bond acceptors (Lipinski definition) is 4. The lowest BCUT2D eigenvalue weighted by molar-refractivity contribution is -0.384. The first-order chi connectivity index (χ1) is 8.65. The van der Waals surface area contributed by atoms with Crippen molar-refractivity contribution in [3.63, 3.8) is 0 Å². The molecule has 1 aromatic carbocycles. The highest BCUT2D eigenvalue weighted by atomic mass is 35.5. The van der Waals surface area contributed by atoms with Crippen molar-refractivity contribution >= 4 is 23.0 Å². The Labute approximate surface area is 110 Å². The van der Waals surface area contributed by atoms with Gasteiger partial charge in [0, 0.05) is 6.54 Å². The monoisotopic (exact) mass is 270 g/mol. The molecular formula is C12H15ClN2O3. The van der Waals surface area contributed by atoms with Gasteiger partial charge in [-0.3, -0.25) is 10.1 Å².